The third-order valence-electron chi connectivity index (χ3n) is 2.08. The van der Waals surface area contributed by atoms with Gasteiger partial charge in [-0.3, -0.25) is 0 Å². The minimum absolute atomic E-state index is 0.451. The lowest BCUT2D eigenvalue weighted by Gasteiger charge is -2.07. The van der Waals surface area contributed by atoms with Gasteiger partial charge in [0.15, 0.2) is 0 Å². The second-order valence-electron chi connectivity index (χ2n) is 3.11. The third kappa shape index (κ3) is 2.71. The van der Waals surface area contributed by atoms with Crippen molar-refractivity contribution in [3.05, 3.63) is 24.4 Å². The zero-order valence-electron chi connectivity index (χ0n) is 7.48. The van der Waals surface area contributed by atoms with E-state index in [-0.39, 0.29) is 0 Å². The van der Waals surface area contributed by atoms with Crippen molar-refractivity contribution < 1.29 is 4.74 Å². The van der Waals surface area contributed by atoms with Crippen molar-refractivity contribution in [2.24, 2.45) is 0 Å². The van der Waals surface area contributed by atoms with Gasteiger partial charge >= 0.3 is 0 Å². The molecule has 1 aromatic heterocycles. The Balaban J connectivity index is 1.79. The summed E-state index contributed by atoms with van der Waals surface area (Å²) in [7, 11) is 0. The lowest BCUT2D eigenvalue weighted by molar-refractivity contribution is 0.129. The molecule has 0 N–H and O–H groups in total. The lowest BCUT2D eigenvalue weighted by Crippen LogP contribution is -2.07. The Morgan fingerprint density at radius 1 is 1.54 bits per heavy atom. The van der Waals surface area contributed by atoms with Crippen molar-refractivity contribution in [3.8, 4) is 0 Å². The Kier molecular flexibility index (Phi) is 3.22. The molecule has 1 aliphatic rings. The van der Waals surface area contributed by atoms with E-state index in [1.807, 2.05) is 24.4 Å². The average molecular weight is 195 g/mol. The van der Waals surface area contributed by atoms with Crippen molar-refractivity contribution in [1.29, 1.82) is 0 Å². The van der Waals surface area contributed by atoms with Crippen LogP contribution in [0.5, 0.6) is 0 Å². The molecule has 2 rings (SSSR count). The van der Waals surface area contributed by atoms with Crippen LogP contribution in [0.1, 0.15) is 12.8 Å². The maximum absolute atomic E-state index is 5.53. The second kappa shape index (κ2) is 4.63. The number of hydrogen-bond donors (Lipinski definition) is 0. The van der Waals surface area contributed by atoms with E-state index in [2.05, 4.69) is 4.98 Å². The summed E-state index contributed by atoms with van der Waals surface area (Å²) < 4.78 is 5.53. The number of pyridine rings is 1. The van der Waals surface area contributed by atoms with E-state index in [0.717, 1.165) is 17.4 Å². The topological polar surface area (TPSA) is 22.1 Å². The molecule has 0 aliphatic carbocycles. The summed E-state index contributed by atoms with van der Waals surface area (Å²) in [5.41, 5.74) is 0. The molecule has 1 fully saturated rings. The molecule has 70 valence electrons. The molecule has 1 aromatic rings. The van der Waals surface area contributed by atoms with E-state index in [1.165, 1.54) is 12.8 Å². The highest BCUT2D eigenvalue weighted by atomic mass is 32.2. The maximum atomic E-state index is 5.53. The first-order valence-corrected chi connectivity index (χ1v) is 5.59. The molecule has 0 radical (unpaired) electrons. The Bertz CT molecular complexity index is 246. The molecule has 0 saturated carbocycles. The maximum Gasteiger partial charge on any atom is 0.0960 e. The number of nitrogens with zero attached hydrogens (tertiary/aromatic N) is 1. The number of hydrogen-bond acceptors (Lipinski definition) is 3. The van der Waals surface area contributed by atoms with Gasteiger partial charge in [-0.25, -0.2) is 4.98 Å². The summed E-state index contributed by atoms with van der Waals surface area (Å²) in [5, 5.41) is 1.10. The van der Waals surface area contributed by atoms with Crippen molar-refractivity contribution in [2.75, 3.05) is 12.4 Å². The van der Waals surface area contributed by atoms with E-state index in [0.29, 0.717) is 6.10 Å². The van der Waals surface area contributed by atoms with Crippen LogP contribution in [0, 0.1) is 0 Å². The molecule has 0 bridgehead atoms. The fraction of sp³-hybridized carbons (Fsp3) is 0.500. The Morgan fingerprint density at radius 2 is 2.54 bits per heavy atom. The first kappa shape index (κ1) is 9.03. The van der Waals surface area contributed by atoms with Crippen LogP contribution in [0.3, 0.4) is 0 Å². The number of rotatable bonds is 3. The molecule has 3 heteroatoms. The molecule has 1 atom stereocenters. The van der Waals surface area contributed by atoms with Crippen molar-refractivity contribution in [3.63, 3.8) is 0 Å². The normalized spacial score (nSPS) is 22.0. The van der Waals surface area contributed by atoms with Crippen molar-refractivity contribution in [2.45, 2.75) is 24.0 Å². The van der Waals surface area contributed by atoms with Gasteiger partial charge in [0.25, 0.3) is 0 Å². The fourth-order valence-corrected chi connectivity index (χ4v) is 2.32. The average Bonchev–Trinajstić information content (AvgIpc) is 2.69. The fourth-order valence-electron chi connectivity index (χ4n) is 1.39. The van der Waals surface area contributed by atoms with Gasteiger partial charge in [0.1, 0.15) is 0 Å². The third-order valence-corrected chi connectivity index (χ3v) is 3.15. The van der Waals surface area contributed by atoms with E-state index < -0.39 is 0 Å². The number of ether oxygens (including phenoxy) is 1. The number of aromatic nitrogens is 1. The van der Waals surface area contributed by atoms with Gasteiger partial charge < -0.3 is 4.74 Å². The molecule has 1 saturated heterocycles. The zero-order chi connectivity index (χ0) is 8.93. The quantitative estimate of drug-likeness (QED) is 0.691. The van der Waals surface area contributed by atoms with Gasteiger partial charge in [0.2, 0.25) is 0 Å². The molecular weight excluding hydrogens is 182 g/mol. The second-order valence-corrected chi connectivity index (χ2v) is 4.15. The van der Waals surface area contributed by atoms with E-state index in [9.17, 15) is 0 Å². The predicted octanol–water partition coefficient (Wildman–Crippen LogP) is 2.35. The van der Waals surface area contributed by atoms with Crippen LogP contribution in [0.2, 0.25) is 0 Å². The zero-order valence-corrected chi connectivity index (χ0v) is 8.30. The minimum Gasteiger partial charge on any atom is -0.377 e. The van der Waals surface area contributed by atoms with Crippen LogP contribution < -0.4 is 0 Å². The van der Waals surface area contributed by atoms with Gasteiger partial charge in [-0.1, -0.05) is 6.07 Å². The van der Waals surface area contributed by atoms with Gasteiger partial charge in [0.05, 0.1) is 11.1 Å². The van der Waals surface area contributed by atoms with Gasteiger partial charge in [-0.05, 0) is 25.0 Å². The molecular formula is C10H13NOS. The van der Waals surface area contributed by atoms with Crippen molar-refractivity contribution in [1.82, 2.24) is 4.98 Å². The Hall–Kier alpha value is -0.540. The van der Waals surface area contributed by atoms with Crippen LogP contribution in [0.15, 0.2) is 29.4 Å². The number of thioether (sulfide) groups is 1. The molecule has 0 spiro atoms. The summed E-state index contributed by atoms with van der Waals surface area (Å²) in [6.45, 7) is 0.938. The molecule has 0 unspecified atom stereocenters. The highest BCUT2D eigenvalue weighted by Gasteiger charge is 2.15. The summed E-state index contributed by atoms with van der Waals surface area (Å²) in [5.74, 6) is 1.04. The van der Waals surface area contributed by atoms with E-state index in [1.54, 1.807) is 11.8 Å². The summed E-state index contributed by atoms with van der Waals surface area (Å²) in [6.07, 6.45) is 4.71. The van der Waals surface area contributed by atoms with Crippen LogP contribution in [0.25, 0.3) is 0 Å². The molecule has 13 heavy (non-hydrogen) atoms. The first-order valence-electron chi connectivity index (χ1n) is 4.60. The van der Waals surface area contributed by atoms with Crippen LogP contribution in [-0.2, 0) is 4.74 Å². The highest BCUT2D eigenvalue weighted by Crippen LogP contribution is 2.21. The Morgan fingerprint density at radius 3 is 3.23 bits per heavy atom. The monoisotopic (exact) mass is 195 g/mol. The lowest BCUT2D eigenvalue weighted by atomic mass is 10.3. The summed E-state index contributed by atoms with van der Waals surface area (Å²) >= 11 is 1.78. The molecule has 1 aliphatic heterocycles. The molecule has 0 amide bonds. The predicted molar refractivity (Wildman–Crippen MR) is 53.9 cm³/mol. The SMILES string of the molecule is c1ccc(SC[C@H]2CCCO2)nc1. The largest absolute Gasteiger partial charge is 0.377 e. The van der Waals surface area contributed by atoms with Crippen LogP contribution in [-0.4, -0.2) is 23.4 Å². The highest BCUT2D eigenvalue weighted by molar-refractivity contribution is 7.99. The minimum atomic E-state index is 0.451. The van der Waals surface area contributed by atoms with Gasteiger partial charge in [0, 0.05) is 18.6 Å². The van der Waals surface area contributed by atoms with E-state index >= 15 is 0 Å². The van der Waals surface area contributed by atoms with Crippen molar-refractivity contribution >= 4 is 11.8 Å². The van der Waals surface area contributed by atoms with Gasteiger partial charge in [-0.2, -0.15) is 0 Å². The first-order chi connectivity index (χ1) is 6.45. The van der Waals surface area contributed by atoms with Crippen LogP contribution >= 0.6 is 11.8 Å². The molecule has 2 heterocycles. The standard InChI is InChI=1S/C10H13NOS/c1-2-6-11-10(5-1)13-8-9-4-3-7-12-9/h1-2,5-6,9H,3-4,7-8H2/t9-/m1/s1. The molecule has 0 aromatic carbocycles. The van der Waals surface area contributed by atoms with Crippen LogP contribution in [0.4, 0.5) is 0 Å². The summed E-state index contributed by atoms with van der Waals surface area (Å²) in [6, 6.07) is 6.00. The smallest absolute Gasteiger partial charge is 0.0960 e. The molecule has 2 nitrogen and oxygen atoms in total. The van der Waals surface area contributed by atoms with Gasteiger partial charge in [-0.15, -0.1) is 11.8 Å². The van der Waals surface area contributed by atoms with E-state index in [4.69, 9.17) is 4.74 Å². The summed E-state index contributed by atoms with van der Waals surface area (Å²) in [4.78, 5) is 4.25. The Labute approximate surface area is 82.7 Å².